The van der Waals surface area contributed by atoms with E-state index >= 15 is 0 Å². The van der Waals surface area contributed by atoms with Crippen LogP contribution in [0.4, 0.5) is 11.4 Å². The van der Waals surface area contributed by atoms with E-state index in [-0.39, 0.29) is 18.2 Å². The maximum absolute atomic E-state index is 12.1. The van der Waals surface area contributed by atoms with Crippen LogP contribution < -0.4 is 15.1 Å². The second-order valence-electron chi connectivity index (χ2n) is 6.89. The average molecular weight is 365 g/mol. The second-order valence-corrected chi connectivity index (χ2v) is 6.89. The van der Waals surface area contributed by atoms with Gasteiger partial charge >= 0.3 is 0 Å². The van der Waals surface area contributed by atoms with Gasteiger partial charge in [0, 0.05) is 50.9 Å². The van der Waals surface area contributed by atoms with Crippen LogP contribution in [0, 0.1) is 0 Å². The molecule has 0 saturated carbocycles. The molecule has 5 heteroatoms. The summed E-state index contributed by atoms with van der Waals surface area (Å²) in [6.45, 7) is 4.61. The Morgan fingerprint density at radius 2 is 1.67 bits per heavy atom. The lowest BCUT2D eigenvalue weighted by atomic mass is 10.2. The van der Waals surface area contributed by atoms with Crippen molar-refractivity contribution < 1.29 is 9.59 Å². The Kier molecular flexibility index (Phi) is 6.47. The van der Waals surface area contributed by atoms with E-state index in [0.717, 1.165) is 24.3 Å². The van der Waals surface area contributed by atoms with Gasteiger partial charge < -0.3 is 15.1 Å². The summed E-state index contributed by atoms with van der Waals surface area (Å²) in [4.78, 5) is 28.2. The molecule has 0 spiro atoms. The van der Waals surface area contributed by atoms with E-state index in [1.807, 2.05) is 42.5 Å². The normalized spacial score (nSPS) is 13.4. The molecule has 1 N–H and O–H groups in total. The Bertz CT molecular complexity index is 753. The van der Waals surface area contributed by atoms with Crippen LogP contribution >= 0.6 is 0 Å². The maximum Gasteiger partial charge on any atom is 0.223 e. The van der Waals surface area contributed by atoms with E-state index in [9.17, 15) is 9.59 Å². The molecule has 1 aliphatic heterocycles. The van der Waals surface area contributed by atoms with Crippen LogP contribution in [0.5, 0.6) is 0 Å². The van der Waals surface area contributed by atoms with Gasteiger partial charge in [0.15, 0.2) is 0 Å². The minimum atomic E-state index is -0.0567. The fourth-order valence-electron chi connectivity index (χ4n) is 3.39. The topological polar surface area (TPSA) is 52.7 Å². The van der Waals surface area contributed by atoms with Gasteiger partial charge in [0.1, 0.15) is 0 Å². The smallest absolute Gasteiger partial charge is 0.223 e. The van der Waals surface area contributed by atoms with Crippen molar-refractivity contribution in [3.63, 3.8) is 0 Å². The van der Waals surface area contributed by atoms with Gasteiger partial charge in [-0.3, -0.25) is 9.59 Å². The van der Waals surface area contributed by atoms with Crippen LogP contribution in [0.3, 0.4) is 0 Å². The molecule has 0 aromatic heterocycles. The first kappa shape index (κ1) is 19.0. The Morgan fingerprint density at radius 3 is 2.30 bits per heavy atom. The number of amides is 2. The molecular weight excluding hydrogens is 338 g/mol. The number of nitrogens with zero attached hydrogens (tertiary/aromatic N) is 2. The number of anilines is 2. The number of benzene rings is 2. The number of carbonyl (C=O) groups is 2. The summed E-state index contributed by atoms with van der Waals surface area (Å²) in [7, 11) is 0. The second kappa shape index (κ2) is 9.21. The molecule has 0 unspecified atom stereocenters. The summed E-state index contributed by atoms with van der Waals surface area (Å²) < 4.78 is 0. The molecule has 1 heterocycles. The fraction of sp³-hybridized carbons (Fsp3) is 0.364. The van der Waals surface area contributed by atoms with Crippen molar-refractivity contribution in [3.05, 3.63) is 60.2 Å². The van der Waals surface area contributed by atoms with Gasteiger partial charge in [0.2, 0.25) is 11.8 Å². The first-order chi connectivity index (χ1) is 13.1. The molecular formula is C22H27N3O2. The van der Waals surface area contributed by atoms with Gasteiger partial charge in [0.05, 0.1) is 0 Å². The first-order valence-electron chi connectivity index (χ1n) is 9.57. The predicted molar refractivity (Wildman–Crippen MR) is 109 cm³/mol. The van der Waals surface area contributed by atoms with Crippen LogP contribution in [0.1, 0.15) is 31.7 Å². The molecule has 5 nitrogen and oxygen atoms in total. The van der Waals surface area contributed by atoms with Crippen LogP contribution in [-0.4, -0.2) is 31.4 Å². The van der Waals surface area contributed by atoms with E-state index < -0.39 is 0 Å². The number of hydrogen-bond donors (Lipinski definition) is 1. The zero-order valence-corrected chi connectivity index (χ0v) is 15.9. The quantitative estimate of drug-likeness (QED) is 0.819. The number of rotatable bonds is 7. The molecule has 0 aliphatic carbocycles. The van der Waals surface area contributed by atoms with Gasteiger partial charge in [-0.05, 0) is 42.7 Å². The lowest BCUT2D eigenvalue weighted by Crippen LogP contribution is -2.33. The number of nitrogens with one attached hydrogen (secondary N) is 1. The summed E-state index contributed by atoms with van der Waals surface area (Å²) in [5, 5.41) is 2.91. The molecule has 0 atom stereocenters. The first-order valence-corrected chi connectivity index (χ1v) is 9.57. The molecule has 27 heavy (non-hydrogen) atoms. The highest BCUT2D eigenvalue weighted by atomic mass is 16.2. The SMILES string of the molecule is CC(=O)N(CCC(=O)NCc1ccccc1)c1ccc(N2CCCC2)cc1. The highest BCUT2D eigenvalue weighted by Crippen LogP contribution is 2.24. The Morgan fingerprint density at radius 1 is 1.00 bits per heavy atom. The lowest BCUT2D eigenvalue weighted by Gasteiger charge is -2.23. The third-order valence-corrected chi connectivity index (χ3v) is 4.91. The fourth-order valence-corrected chi connectivity index (χ4v) is 3.39. The van der Waals surface area contributed by atoms with Crippen molar-refractivity contribution in [1.29, 1.82) is 0 Å². The highest BCUT2D eigenvalue weighted by molar-refractivity contribution is 5.92. The van der Waals surface area contributed by atoms with Crippen LogP contribution in [0.2, 0.25) is 0 Å². The monoisotopic (exact) mass is 365 g/mol. The van der Waals surface area contributed by atoms with E-state index in [0.29, 0.717) is 13.1 Å². The van der Waals surface area contributed by atoms with E-state index in [1.165, 1.54) is 25.5 Å². The van der Waals surface area contributed by atoms with Crippen LogP contribution in [0.25, 0.3) is 0 Å². The molecule has 1 fully saturated rings. The summed E-state index contributed by atoms with van der Waals surface area (Å²) in [6, 6.07) is 17.9. The summed E-state index contributed by atoms with van der Waals surface area (Å²) >= 11 is 0. The minimum absolute atomic E-state index is 0.0558. The van der Waals surface area contributed by atoms with Gasteiger partial charge in [-0.15, -0.1) is 0 Å². The molecule has 1 saturated heterocycles. The zero-order valence-electron chi connectivity index (χ0n) is 15.9. The van der Waals surface area contributed by atoms with Gasteiger partial charge in [-0.1, -0.05) is 30.3 Å². The van der Waals surface area contributed by atoms with Crippen molar-refractivity contribution in [2.24, 2.45) is 0 Å². The van der Waals surface area contributed by atoms with Crippen LogP contribution in [-0.2, 0) is 16.1 Å². The molecule has 2 amide bonds. The van der Waals surface area contributed by atoms with Crippen molar-refractivity contribution >= 4 is 23.2 Å². The molecule has 3 rings (SSSR count). The zero-order chi connectivity index (χ0) is 19.1. The highest BCUT2D eigenvalue weighted by Gasteiger charge is 2.16. The Hall–Kier alpha value is -2.82. The van der Waals surface area contributed by atoms with Gasteiger partial charge in [0.25, 0.3) is 0 Å². The molecule has 2 aromatic rings. The molecule has 0 radical (unpaired) electrons. The Balaban J connectivity index is 1.54. The average Bonchev–Trinajstić information content (AvgIpc) is 3.22. The minimum Gasteiger partial charge on any atom is -0.372 e. The van der Waals surface area contributed by atoms with Crippen molar-refractivity contribution in [2.45, 2.75) is 32.7 Å². The Labute approximate surface area is 161 Å². The molecule has 0 bridgehead atoms. The predicted octanol–water partition coefficient (Wildman–Crippen LogP) is 3.35. The lowest BCUT2D eigenvalue weighted by molar-refractivity contribution is -0.121. The summed E-state index contributed by atoms with van der Waals surface area (Å²) in [5.74, 6) is -0.112. The van der Waals surface area contributed by atoms with Gasteiger partial charge in [-0.2, -0.15) is 0 Å². The molecule has 2 aromatic carbocycles. The summed E-state index contributed by atoms with van der Waals surface area (Å²) in [5.41, 5.74) is 3.09. The van der Waals surface area contributed by atoms with E-state index in [4.69, 9.17) is 0 Å². The third-order valence-electron chi connectivity index (χ3n) is 4.91. The standard InChI is InChI=1S/C22H27N3O2/c1-18(26)25(16-13-22(27)23-17-19-7-3-2-4-8-19)21-11-9-20(10-12-21)24-14-5-6-15-24/h2-4,7-12H,5-6,13-17H2,1H3,(H,23,27). The van der Waals surface area contributed by atoms with E-state index in [2.05, 4.69) is 22.3 Å². The van der Waals surface area contributed by atoms with Crippen molar-refractivity contribution in [1.82, 2.24) is 5.32 Å². The largest absolute Gasteiger partial charge is 0.372 e. The molecule has 1 aliphatic rings. The van der Waals surface area contributed by atoms with Gasteiger partial charge in [-0.25, -0.2) is 0 Å². The van der Waals surface area contributed by atoms with Crippen LogP contribution in [0.15, 0.2) is 54.6 Å². The molecule has 142 valence electrons. The third kappa shape index (κ3) is 5.33. The number of carbonyl (C=O) groups excluding carboxylic acids is 2. The van der Waals surface area contributed by atoms with Crippen molar-refractivity contribution in [2.75, 3.05) is 29.4 Å². The van der Waals surface area contributed by atoms with Crippen molar-refractivity contribution in [3.8, 4) is 0 Å². The maximum atomic E-state index is 12.1. The van der Waals surface area contributed by atoms with E-state index in [1.54, 1.807) is 4.90 Å². The summed E-state index contributed by atoms with van der Waals surface area (Å²) in [6.07, 6.45) is 2.75. The number of hydrogen-bond acceptors (Lipinski definition) is 3.